The van der Waals surface area contributed by atoms with Gasteiger partial charge < -0.3 is 9.30 Å². The molecule has 4 heterocycles. The van der Waals surface area contributed by atoms with E-state index in [0.29, 0.717) is 5.52 Å². The van der Waals surface area contributed by atoms with E-state index in [2.05, 4.69) is 21.5 Å². The minimum Gasteiger partial charge on any atom is -0.352 e. The monoisotopic (exact) mass is 246 g/mol. The zero-order valence-electron chi connectivity index (χ0n) is 10.3. The average molecular weight is 246 g/mol. The van der Waals surface area contributed by atoms with Gasteiger partial charge in [0.15, 0.2) is 5.52 Å². The topological polar surface area (TPSA) is 61.9 Å². The number of hydrogen-bond donors (Lipinski definition) is 0. The van der Waals surface area contributed by atoms with E-state index in [9.17, 15) is 4.79 Å². The van der Waals surface area contributed by atoms with Crippen LogP contribution in [0.5, 0.6) is 0 Å². The van der Waals surface area contributed by atoms with Gasteiger partial charge in [0.05, 0.1) is 18.5 Å². The standard InChI is InChI=1S/C12H14N4O2/c1-3-8-7-4-9(18-8)15-5-13-10-11(17)14-6(2)16(7)12(10)15/h5,7-9H,3-4H2,1-2H3/t7-,8+,9+/m0/s1. The third kappa shape index (κ3) is 1.04. The average Bonchev–Trinajstić information content (AvgIpc) is 2.92. The Labute approximate surface area is 103 Å². The lowest BCUT2D eigenvalue weighted by molar-refractivity contribution is 0.00184. The fourth-order valence-electron chi connectivity index (χ4n) is 3.28. The summed E-state index contributed by atoms with van der Waals surface area (Å²) in [6.07, 6.45) is 3.81. The van der Waals surface area contributed by atoms with Crippen molar-refractivity contribution < 1.29 is 4.74 Å². The first-order chi connectivity index (χ1) is 8.70. The summed E-state index contributed by atoms with van der Waals surface area (Å²) in [6, 6.07) is 0.278. The summed E-state index contributed by atoms with van der Waals surface area (Å²) < 4.78 is 10.1. The van der Waals surface area contributed by atoms with Crippen LogP contribution in [0.15, 0.2) is 11.1 Å². The number of hydrogen-bond acceptors (Lipinski definition) is 4. The zero-order valence-corrected chi connectivity index (χ0v) is 10.3. The molecule has 0 N–H and O–H groups in total. The first-order valence-corrected chi connectivity index (χ1v) is 6.32. The lowest BCUT2D eigenvalue weighted by Crippen LogP contribution is -2.27. The van der Waals surface area contributed by atoms with Gasteiger partial charge >= 0.3 is 5.56 Å². The van der Waals surface area contributed by atoms with Gasteiger partial charge in [-0.15, -0.1) is 0 Å². The normalized spacial score (nSPS) is 29.1. The van der Waals surface area contributed by atoms with Crippen LogP contribution in [-0.4, -0.2) is 25.2 Å². The molecule has 0 aliphatic carbocycles. The number of nitrogens with zero attached hydrogens (tertiary/aromatic N) is 4. The lowest BCUT2D eigenvalue weighted by Gasteiger charge is -2.25. The molecule has 0 spiro atoms. The second kappa shape index (κ2) is 3.20. The molecule has 2 aromatic heterocycles. The molecule has 0 amide bonds. The van der Waals surface area contributed by atoms with Crippen molar-refractivity contribution in [3.05, 3.63) is 22.5 Å². The quantitative estimate of drug-likeness (QED) is 0.757. The fraction of sp³-hybridized carbons (Fsp3) is 0.583. The number of ether oxygens (including phenoxy) is 1. The van der Waals surface area contributed by atoms with Crippen molar-refractivity contribution in [2.24, 2.45) is 0 Å². The zero-order chi connectivity index (χ0) is 12.4. The van der Waals surface area contributed by atoms with Gasteiger partial charge in [0.25, 0.3) is 0 Å². The second-order valence-corrected chi connectivity index (χ2v) is 5.00. The summed E-state index contributed by atoms with van der Waals surface area (Å²) in [5.41, 5.74) is 1.08. The maximum Gasteiger partial charge on any atom is 0.301 e. The maximum absolute atomic E-state index is 11.8. The molecule has 1 saturated heterocycles. The molecule has 0 saturated carbocycles. The highest BCUT2D eigenvalue weighted by atomic mass is 16.5. The first kappa shape index (κ1) is 10.3. The van der Waals surface area contributed by atoms with E-state index in [4.69, 9.17) is 4.74 Å². The van der Waals surface area contributed by atoms with Crippen LogP contribution < -0.4 is 5.56 Å². The van der Waals surface area contributed by atoms with Crippen molar-refractivity contribution >= 4 is 11.2 Å². The Kier molecular flexibility index (Phi) is 1.82. The second-order valence-electron chi connectivity index (χ2n) is 5.00. The maximum atomic E-state index is 11.8. The van der Waals surface area contributed by atoms with E-state index in [1.165, 1.54) is 0 Å². The Bertz CT molecular complexity index is 702. The summed E-state index contributed by atoms with van der Waals surface area (Å²) in [6.45, 7) is 4.00. The van der Waals surface area contributed by atoms with Crippen LogP contribution in [0.25, 0.3) is 11.2 Å². The number of aromatic nitrogens is 4. The number of imidazole rings is 1. The predicted molar refractivity (Wildman–Crippen MR) is 64.4 cm³/mol. The Hall–Kier alpha value is -1.69. The summed E-state index contributed by atoms with van der Waals surface area (Å²) in [5.74, 6) is 0.752. The van der Waals surface area contributed by atoms with Crippen molar-refractivity contribution in [2.45, 2.75) is 45.1 Å². The highest BCUT2D eigenvalue weighted by Crippen LogP contribution is 2.44. The van der Waals surface area contributed by atoms with Gasteiger partial charge in [-0.05, 0) is 13.3 Å². The Morgan fingerprint density at radius 3 is 3.17 bits per heavy atom. The molecule has 4 rings (SSSR count). The minimum absolute atomic E-state index is 0.0196. The van der Waals surface area contributed by atoms with E-state index in [1.54, 1.807) is 6.33 Å². The SMILES string of the molecule is CC[C@H]1O[C@@H]2C[C@@H]1n1c(C)nc(=O)c3ncn2c31. The van der Waals surface area contributed by atoms with E-state index in [1.807, 2.05) is 11.5 Å². The molecule has 94 valence electrons. The summed E-state index contributed by atoms with van der Waals surface area (Å²) in [5, 5.41) is 0. The van der Waals surface area contributed by atoms with E-state index in [-0.39, 0.29) is 23.9 Å². The van der Waals surface area contributed by atoms with Crippen LogP contribution in [0.2, 0.25) is 0 Å². The third-order valence-corrected chi connectivity index (χ3v) is 4.06. The largest absolute Gasteiger partial charge is 0.352 e. The van der Waals surface area contributed by atoms with Crippen LogP contribution in [0.1, 0.15) is 37.9 Å². The molecular formula is C12H14N4O2. The van der Waals surface area contributed by atoms with Crippen molar-refractivity contribution in [1.29, 1.82) is 0 Å². The Balaban J connectivity index is 2.12. The van der Waals surface area contributed by atoms with E-state index >= 15 is 0 Å². The third-order valence-electron chi connectivity index (χ3n) is 4.06. The summed E-state index contributed by atoms with van der Waals surface area (Å²) >= 11 is 0. The van der Waals surface area contributed by atoms with Crippen molar-refractivity contribution in [2.75, 3.05) is 0 Å². The summed E-state index contributed by atoms with van der Waals surface area (Å²) in [4.78, 5) is 20.1. The van der Waals surface area contributed by atoms with Gasteiger partial charge in [-0.2, -0.15) is 4.98 Å². The molecule has 0 radical (unpaired) electrons. The highest BCUT2D eigenvalue weighted by Gasteiger charge is 2.42. The molecule has 6 heteroatoms. The Morgan fingerprint density at radius 2 is 2.39 bits per heavy atom. The molecule has 1 fully saturated rings. The van der Waals surface area contributed by atoms with Crippen LogP contribution in [0.3, 0.4) is 0 Å². The lowest BCUT2D eigenvalue weighted by atomic mass is 10.1. The Morgan fingerprint density at radius 1 is 1.56 bits per heavy atom. The van der Waals surface area contributed by atoms with Crippen LogP contribution in [0.4, 0.5) is 0 Å². The van der Waals surface area contributed by atoms with Crippen molar-refractivity contribution in [1.82, 2.24) is 19.1 Å². The number of fused-ring (bicyclic) bond motifs is 4. The number of aryl methyl sites for hydroxylation is 1. The molecule has 6 nitrogen and oxygen atoms in total. The molecule has 2 aliphatic heterocycles. The molecule has 2 bridgehead atoms. The van der Waals surface area contributed by atoms with Crippen molar-refractivity contribution in [3.8, 4) is 0 Å². The molecule has 3 atom stereocenters. The molecule has 2 aromatic rings. The fourth-order valence-corrected chi connectivity index (χ4v) is 3.28. The van der Waals surface area contributed by atoms with Gasteiger partial charge in [-0.1, -0.05) is 6.92 Å². The van der Waals surface area contributed by atoms with E-state index in [0.717, 1.165) is 24.3 Å². The van der Waals surface area contributed by atoms with Gasteiger partial charge in [0, 0.05) is 6.42 Å². The smallest absolute Gasteiger partial charge is 0.301 e. The first-order valence-electron chi connectivity index (χ1n) is 6.32. The molecule has 0 unspecified atom stereocenters. The molecule has 2 aliphatic rings. The predicted octanol–water partition coefficient (Wildman–Crippen LogP) is 1.15. The summed E-state index contributed by atoms with van der Waals surface area (Å²) in [7, 11) is 0. The van der Waals surface area contributed by atoms with Gasteiger partial charge in [-0.25, -0.2) is 4.98 Å². The molecule has 0 aromatic carbocycles. The van der Waals surface area contributed by atoms with Gasteiger partial charge in [-0.3, -0.25) is 9.36 Å². The van der Waals surface area contributed by atoms with Crippen LogP contribution in [-0.2, 0) is 4.74 Å². The minimum atomic E-state index is -0.244. The molecule has 18 heavy (non-hydrogen) atoms. The van der Waals surface area contributed by atoms with Gasteiger partial charge in [0.1, 0.15) is 17.7 Å². The van der Waals surface area contributed by atoms with Gasteiger partial charge in [0.2, 0.25) is 0 Å². The highest BCUT2D eigenvalue weighted by molar-refractivity contribution is 5.71. The van der Waals surface area contributed by atoms with Crippen LogP contribution in [0, 0.1) is 6.92 Å². The van der Waals surface area contributed by atoms with Crippen molar-refractivity contribution in [3.63, 3.8) is 0 Å². The number of rotatable bonds is 1. The van der Waals surface area contributed by atoms with Crippen LogP contribution >= 0.6 is 0 Å². The van der Waals surface area contributed by atoms with E-state index < -0.39 is 0 Å². The molecular weight excluding hydrogens is 232 g/mol.